The van der Waals surface area contributed by atoms with Crippen LogP contribution in [0.3, 0.4) is 0 Å². The summed E-state index contributed by atoms with van der Waals surface area (Å²) in [6, 6.07) is 5.96. The molecule has 16 heavy (non-hydrogen) atoms. The third-order valence-electron chi connectivity index (χ3n) is 2.00. The lowest BCUT2D eigenvalue weighted by Gasteiger charge is -2.05. The zero-order valence-electron chi connectivity index (χ0n) is 8.70. The van der Waals surface area contributed by atoms with Crippen LogP contribution in [0.5, 0.6) is 0 Å². The molecule has 6 heteroatoms. The Morgan fingerprint density at radius 3 is 3.00 bits per heavy atom. The highest BCUT2D eigenvalue weighted by atomic mass is 35.5. The van der Waals surface area contributed by atoms with Gasteiger partial charge in [0.05, 0.1) is 0 Å². The van der Waals surface area contributed by atoms with Crippen molar-refractivity contribution in [2.24, 2.45) is 0 Å². The van der Waals surface area contributed by atoms with Gasteiger partial charge in [-0.25, -0.2) is 4.98 Å². The van der Waals surface area contributed by atoms with Crippen molar-refractivity contribution < 1.29 is 0 Å². The van der Waals surface area contributed by atoms with Gasteiger partial charge >= 0.3 is 0 Å². The molecule has 0 unspecified atom stereocenters. The first-order valence-electron chi connectivity index (χ1n) is 4.76. The quantitative estimate of drug-likeness (QED) is 0.879. The predicted octanol–water partition coefficient (Wildman–Crippen LogP) is 2.33. The molecule has 0 fully saturated rings. The Morgan fingerprint density at radius 1 is 1.50 bits per heavy atom. The summed E-state index contributed by atoms with van der Waals surface area (Å²) in [5, 5.41) is 11.2. The van der Waals surface area contributed by atoms with Gasteiger partial charge in [0.2, 0.25) is 0 Å². The Balaban J connectivity index is 2.15. The molecule has 2 aromatic rings. The van der Waals surface area contributed by atoms with E-state index in [9.17, 15) is 0 Å². The summed E-state index contributed by atoms with van der Waals surface area (Å²) in [5.41, 5.74) is 1.09. The van der Waals surface area contributed by atoms with Crippen LogP contribution in [0.25, 0.3) is 0 Å². The molecule has 1 heterocycles. The molecule has 0 aliphatic carbocycles. The molecule has 0 amide bonds. The summed E-state index contributed by atoms with van der Waals surface area (Å²) in [5.74, 6) is 0. The minimum atomic E-state index is 0.762. The van der Waals surface area contributed by atoms with Gasteiger partial charge in [0.25, 0.3) is 0 Å². The number of nitrogens with one attached hydrogen (secondary N) is 2. The summed E-state index contributed by atoms with van der Waals surface area (Å²) in [6.45, 7) is 0.770. The molecule has 0 saturated heterocycles. The van der Waals surface area contributed by atoms with Gasteiger partial charge in [-0.3, -0.25) is 5.10 Å². The van der Waals surface area contributed by atoms with E-state index >= 15 is 0 Å². The van der Waals surface area contributed by atoms with Crippen molar-refractivity contribution in [3.63, 3.8) is 0 Å². The minimum absolute atomic E-state index is 0.762. The molecule has 0 radical (unpaired) electrons. The normalized spacial score (nSPS) is 10.6. The molecule has 1 aromatic heterocycles. The van der Waals surface area contributed by atoms with E-state index < -0.39 is 0 Å². The molecule has 0 aliphatic rings. The van der Waals surface area contributed by atoms with Crippen molar-refractivity contribution in [1.82, 2.24) is 20.5 Å². The smallest absolute Gasteiger partial charge is 0.188 e. The van der Waals surface area contributed by atoms with E-state index in [0.29, 0.717) is 0 Å². The number of nitrogens with zero attached hydrogens (tertiary/aromatic N) is 2. The molecule has 0 spiro atoms. The van der Waals surface area contributed by atoms with Gasteiger partial charge in [0, 0.05) is 16.5 Å². The fraction of sp³-hybridized carbons (Fsp3) is 0.200. The highest BCUT2D eigenvalue weighted by Crippen LogP contribution is 2.28. The summed E-state index contributed by atoms with van der Waals surface area (Å²) in [4.78, 5) is 5.08. The summed E-state index contributed by atoms with van der Waals surface area (Å²) in [7, 11) is 1.90. The maximum atomic E-state index is 6.15. The molecule has 0 atom stereocenters. The maximum Gasteiger partial charge on any atom is 0.188 e. The number of aromatic nitrogens is 3. The van der Waals surface area contributed by atoms with E-state index in [0.717, 1.165) is 27.2 Å². The van der Waals surface area contributed by atoms with Crippen molar-refractivity contribution >= 4 is 23.4 Å². The van der Waals surface area contributed by atoms with Gasteiger partial charge in [-0.15, -0.1) is 0 Å². The topological polar surface area (TPSA) is 53.6 Å². The van der Waals surface area contributed by atoms with Gasteiger partial charge in [-0.1, -0.05) is 29.4 Å². The molecule has 0 bridgehead atoms. The fourth-order valence-corrected chi connectivity index (χ4v) is 2.33. The Bertz CT molecular complexity index is 458. The van der Waals surface area contributed by atoms with Crippen LogP contribution in [0, 0.1) is 0 Å². The first kappa shape index (κ1) is 11.4. The van der Waals surface area contributed by atoms with Crippen LogP contribution in [-0.4, -0.2) is 22.2 Å². The number of aromatic amines is 1. The number of hydrogen-bond acceptors (Lipinski definition) is 4. The average molecular weight is 255 g/mol. The summed E-state index contributed by atoms with van der Waals surface area (Å²) < 4.78 is 0. The SMILES string of the molecule is CNCc1ccc(Sc2ncn[nH]2)cc1Cl. The Morgan fingerprint density at radius 2 is 2.38 bits per heavy atom. The van der Waals surface area contributed by atoms with Crippen LogP contribution < -0.4 is 5.32 Å². The number of halogens is 1. The maximum absolute atomic E-state index is 6.15. The Kier molecular flexibility index (Phi) is 3.82. The van der Waals surface area contributed by atoms with E-state index in [1.54, 1.807) is 0 Å². The number of benzene rings is 1. The van der Waals surface area contributed by atoms with Gasteiger partial charge in [-0.2, -0.15) is 5.10 Å². The summed E-state index contributed by atoms with van der Waals surface area (Å²) in [6.07, 6.45) is 1.49. The van der Waals surface area contributed by atoms with E-state index in [1.807, 2.05) is 25.2 Å². The second-order valence-corrected chi connectivity index (χ2v) is 4.65. The van der Waals surface area contributed by atoms with Crippen LogP contribution in [0.4, 0.5) is 0 Å². The zero-order chi connectivity index (χ0) is 11.4. The molecule has 4 nitrogen and oxygen atoms in total. The van der Waals surface area contributed by atoms with E-state index in [1.165, 1.54) is 18.1 Å². The van der Waals surface area contributed by atoms with Crippen LogP contribution in [0.15, 0.2) is 34.6 Å². The molecule has 0 aliphatic heterocycles. The van der Waals surface area contributed by atoms with Crippen LogP contribution >= 0.6 is 23.4 Å². The molecule has 2 rings (SSSR count). The number of hydrogen-bond donors (Lipinski definition) is 2. The average Bonchev–Trinajstić information content (AvgIpc) is 2.75. The largest absolute Gasteiger partial charge is 0.316 e. The molecule has 0 saturated carbocycles. The van der Waals surface area contributed by atoms with Gasteiger partial charge < -0.3 is 5.32 Å². The zero-order valence-corrected chi connectivity index (χ0v) is 10.3. The lowest BCUT2D eigenvalue weighted by atomic mass is 10.2. The van der Waals surface area contributed by atoms with Gasteiger partial charge in [0.1, 0.15) is 6.33 Å². The van der Waals surface area contributed by atoms with E-state index in [2.05, 4.69) is 20.5 Å². The lowest BCUT2D eigenvalue weighted by molar-refractivity contribution is 0.817. The van der Waals surface area contributed by atoms with E-state index in [4.69, 9.17) is 11.6 Å². The van der Waals surface area contributed by atoms with Crippen molar-refractivity contribution in [1.29, 1.82) is 0 Å². The van der Waals surface area contributed by atoms with Crippen LogP contribution in [0.1, 0.15) is 5.56 Å². The van der Waals surface area contributed by atoms with Crippen LogP contribution in [0.2, 0.25) is 5.02 Å². The number of H-pyrrole nitrogens is 1. The highest BCUT2D eigenvalue weighted by Gasteiger charge is 2.04. The third-order valence-corrected chi connectivity index (χ3v) is 3.23. The predicted molar refractivity (Wildman–Crippen MR) is 64.7 cm³/mol. The van der Waals surface area contributed by atoms with Gasteiger partial charge in [0.15, 0.2) is 5.16 Å². The molecular formula is C10H11ClN4S. The first-order valence-corrected chi connectivity index (χ1v) is 5.95. The second-order valence-electron chi connectivity index (χ2n) is 3.18. The van der Waals surface area contributed by atoms with E-state index in [-0.39, 0.29) is 0 Å². The third kappa shape index (κ3) is 2.75. The molecule has 2 N–H and O–H groups in total. The fourth-order valence-electron chi connectivity index (χ4n) is 1.28. The highest BCUT2D eigenvalue weighted by molar-refractivity contribution is 7.99. The summed E-state index contributed by atoms with van der Waals surface area (Å²) >= 11 is 7.65. The monoisotopic (exact) mass is 254 g/mol. The minimum Gasteiger partial charge on any atom is -0.316 e. The van der Waals surface area contributed by atoms with Crippen molar-refractivity contribution in [3.8, 4) is 0 Å². The molecule has 84 valence electrons. The first-order chi connectivity index (χ1) is 7.79. The Hall–Kier alpha value is -1.04. The van der Waals surface area contributed by atoms with Crippen molar-refractivity contribution in [3.05, 3.63) is 35.1 Å². The molecular weight excluding hydrogens is 244 g/mol. The van der Waals surface area contributed by atoms with Crippen molar-refractivity contribution in [2.75, 3.05) is 7.05 Å². The van der Waals surface area contributed by atoms with Gasteiger partial charge in [-0.05, 0) is 24.7 Å². The van der Waals surface area contributed by atoms with Crippen molar-refractivity contribution in [2.45, 2.75) is 16.6 Å². The number of rotatable bonds is 4. The second kappa shape index (κ2) is 5.34. The molecule has 1 aromatic carbocycles. The van der Waals surface area contributed by atoms with Crippen LogP contribution in [-0.2, 0) is 6.54 Å². The Labute approximate surface area is 103 Å². The standard InChI is InChI=1S/C10H11ClN4S/c1-12-5-7-2-3-8(4-9(7)11)16-10-13-6-14-15-10/h2-4,6,12H,5H2,1H3,(H,13,14,15). The lowest BCUT2D eigenvalue weighted by Crippen LogP contribution is -2.05.